The maximum absolute atomic E-state index is 0. The summed E-state index contributed by atoms with van der Waals surface area (Å²) >= 11 is 0. The van der Waals surface area contributed by atoms with Crippen LogP contribution >= 0.6 is 0 Å². The van der Waals surface area contributed by atoms with Crippen LogP contribution in [0.3, 0.4) is 0 Å². The minimum Gasteiger partial charge on any atom is -0.412 e. The molecule has 0 heterocycles. The molecule has 0 unspecified atom stereocenters. The summed E-state index contributed by atoms with van der Waals surface area (Å²) in [5.41, 5.74) is 0. The van der Waals surface area contributed by atoms with E-state index >= 15 is 0 Å². The minimum absolute atomic E-state index is 0. The Morgan fingerprint density at radius 2 is 0.500 bits per heavy atom. The van der Waals surface area contributed by atoms with Gasteiger partial charge in [-0.1, -0.05) is 0 Å². The smallest absolute Gasteiger partial charge is 0 e. The van der Waals surface area contributed by atoms with Crippen molar-refractivity contribution in [3.8, 4) is 0 Å². The van der Waals surface area contributed by atoms with Crippen LogP contribution in [-0.2, 0) is 0 Å². The first kappa shape index (κ1) is 68.8. The molecule has 0 aromatic carbocycles. The van der Waals surface area contributed by atoms with Crippen LogP contribution in [0.4, 0.5) is 0 Å². The summed E-state index contributed by atoms with van der Waals surface area (Å²) in [6.45, 7) is 0. The number of hydrogen-bond acceptors (Lipinski definition) is 0. The van der Waals surface area contributed by atoms with Gasteiger partial charge < -0.3 is 16.4 Å². The van der Waals surface area contributed by atoms with Crippen molar-refractivity contribution in [2.75, 3.05) is 0 Å². The second-order valence-electron chi connectivity index (χ2n) is 0. The van der Waals surface area contributed by atoms with Gasteiger partial charge in [-0.25, -0.2) is 0 Å². The molecule has 0 radical (unpaired) electrons. The SMILES string of the molecule is O.O.O.[Er]. The van der Waals surface area contributed by atoms with Gasteiger partial charge in [-0.15, -0.1) is 0 Å². The molecule has 0 saturated carbocycles. The van der Waals surface area contributed by atoms with E-state index in [1.165, 1.54) is 0 Å². The molecule has 0 aliphatic rings. The zero-order valence-corrected chi connectivity index (χ0v) is 3.64. The fourth-order valence-corrected chi connectivity index (χ4v) is 0. The van der Waals surface area contributed by atoms with Gasteiger partial charge in [0.1, 0.15) is 0 Å². The molecule has 4 heavy (non-hydrogen) atoms. The van der Waals surface area contributed by atoms with Crippen LogP contribution in [-0.4, -0.2) is 16.4 Å². The van der Waals surface area contributed by atoms with E-state index in [2.05, 4.69) is 0 Å². The molecule has 6 N–H and O–H groups in total. The van der Waals surface area contributed by atoms with Crippen molar-refractivity contribution < 1.29 is 53.7 Å². The van der Waals surface area contributed by atoms with Crippen LogP contribution in [0, 0.1) is 37.3 Å². The summed E-state index contributed by atoms with van der Waals surface area (Å²) < 4.78 is 0. The first-order valence-corrected chi connectivity index (χ1v) is 0. The fraction of sp³-hybridized carbons (Fsp3) is 0. The Labute approximate surface area is 53.5 Å². The summed E-state index contributed by atoms with van der Waals surface area (Å²) in [6.07, 6.45) is 0. The van der Waals surface area contributed by atoms with E-state index in [0.717, 1.165) is 0 Å². The third kappa shape index (κ3) is 11.1. The summed E-state index contributed by atoms with van der Waals surface area (Å²) in [6, 6.07) is 0. The van der Waals surface area contributed by atoms with Crippen LogP contribution in [0.5, 0.6) is 0 Å². The van der Waals surface area contributed by atoms with Gasteiger partial charge >= 0.3 is 0 Å². The van der Waals surface area contributed by atoms with Crippen molar-refractivity contribution in [2.24, 2.45) is 0 Å². The Morgan fingerprint density at radius 3 is 0.500 bits per heavy atom. The van der Waals surface area contributed by atoms with E-state index in [-0.39, 0.29) is 53.7 Å². The summed E-state index contributed by atoms with van der Waals surface area (Å²) in [7, 11) is 0. The molecule has 0 aromatic heterocycles. The van der Waals surface area contributed by atoms with Crippen molar-refractivity contribution in [3.63, 3.8) is 0 Å². The van der Waals surface area contributed by atoms with E-state index in [0.29, 0.717) is 0 Å². The standard InChI is InChI=1S/Er.3H2O/h;3*1H2. The van der Waals surface area contributed by atoms with Gasteiger partial charge in [0.25, 0.3) is 0 Å². The average molecular weight is 221 g/mol. The molecule has 3 nitrogen and oxygen atoms in total. The van der Waals surface area contributed by atoms with Gasteiger partial charge in [-0.2, -0.15) is 0 Å². The van der Waals surface area contributed by atoms with Crippen LogP contribution < -0.4 is 0 Å². The zero-order chi connectivity index (χ0) is 0. The molecule has 36 valence electrons. The topological polar surface area (TPSA) is 94.5 Å². The molecule has 0 aliphatic heterocycles. The Hall–Kier alpha value is 1.13. The van der Waals surface area contributed by atoms with Gasteiger partial charge in [0.05, 0.1) is 0 Å². The zero-order valence-electron chi connectivity index (χ0n) is 1.79. The average Bonchev–Trinajstić information content (AvgIpc) is 0. The van der Waals surface area contributed by atoms with Crippen molar-refractivity contribution in [3.05, 3.63) is 0 Å². The van der Waals surface area contributed by atoms with Gasteiger partial charge in [0, 0.05) is 37.3 Å². The Balaban J connectivity index is 0. The maximum Gasteiger partial charge on any atom is 0 e. The van der Waals surface area contributed by atoms with E-state index < -0.39 is 0 Å². The Bertz CT molecular complexity index is 3.25. The van der Waals surface area contributed by atoms with Crippen molar-refractivity contribution >= 4 is 0 Å². The third-order valence-corrected chi connectivity index (χ3v) is 0. The quantitative estimate of drug-likeness (QED) is 0.433. The molecule has 0 aromatic rings. The molecule has 0 rings (SSSR count). The summed E-state index contributed by atoms with van der Waals surface area (Å²) in [4.78, 5) is 0. The Morgan fingerprint density at radius 1 is 0.500 bits per heavy atom. The first-order valence-electron chi connectivity index (χ1n) is 0. The fourth-order valence-electron chi connectivity index (χ4n) is 0. The molecule has 0 amide bonds. The Kier molecular flexibility index (Phi) is 546. The summed E-state index contributed by atoms with van der Waals surface area (Å²) in [5, 5.41) is 0. The van der Waals surface area contributed by atoms with Crippen molar-refractivity contribution in [1.82, 2.24) is 0 Å². The first-order chi connectivity index (χ1) is 0. The predicted molar refractivity (Wildman–Crippen MR) is 10.8 cm³/mol. The van der Waals surface area contributed by atoms with E-state index in [1.54, 1.807) is 0 Å². The van der Waals surface area contributed by atoms with Gasteiger partial charge in [-0.05, 0) is 0 Å². The molecule has 0 fully saturated rings. The largest absolute Gasteiger partial charge is 0.412 e. The van der Waals surface area contributed by atoms with Crippen LogP contribution in [0.1, 0.15) is 0 Å². The van der Waals surface area contributed by atoms with Crippen molar-refractivity contribution in [1.29, 1.82) is 0 Å². The van der Waals surface area contributed by atoms with E-state index in [4.69, 9.17) is 0 Å². The molecular formula is H6ErO3. The number of hydrogen-bond donors (Lipinski definition) is 0. The van der Waals surface area contributed by atoms with Gasteiger partial charge in [0.15, 0.2) is 0 Å². The molecule has 4 heteroatoms. The van der Waals surface area contributed by atoms with Gasteiger partial charge in [0.2, 0.25) is 0 Å². The molecule has 0 saturated heterocycles. The molecule has 0 atom stereocenters. The maximum atomic E-state index is 0. The second-order valence-corrected chi connectivity index (χ2v) is 0. The van der Waals surface area contributed by atoms with E-state index in [1.807, 2.05) is 0 Å². The van der Waals surface area contributed by atoms with Crippen LogP contribution in [0.2, 0.25) is 0 Å². The second kappa shape index (κ2) is 31.8. The van der Waals surface area contributed by atoms with Crippen LogP contribution in [0.25, 0.3) is 0 Å². The molecule has 0 aliphatic carbocycles. The normalized spacial score (nSPS) is 0. The van der Waals surface area contributed by atoms with E-state index in [9.17, 15) is 0 Å². The number of rotatable bonds is 0. The van der Waals surface area contributed by atoms with Crippen molar-refractivity contribution in [2.45, 2.75) is 0 Å². The molecular weight excluding hydrogens is 215 g/mol. The molecule has 0 bridgehead atoms. The molecule has 0 spiro atoms. The predicted octanol–water partition coefficient (Wildman–Crippen LogP) is -2.47. The third-order valence-electron chi connectivity index (χ3n) is 0. The van der Waals surface area contributed by atoms with Crippen LogP contribution in [0.15, 0.2) is 0 Å². The summed E-state index contributed by atoms with van der Waals surface area (Å²) in [5.74, 6) is 0. The minimum atomic E-state index is 0. The van der Waals surface area contributed by atoms with Gasteiger partial charge in [-0.3, -0.25) is 0 Å². The monoisotopic (exact) mass is 220 g/mol.